The van der Waals surface area contributed by atoms with Gasteiger partial charge >= 0.3 is 0 Å². The number of amides is 1. The van der Waals surface area contributed by atoms with Crippen LogP contribution in [-0.2, 0) is 4.79 Å². The monoisotopic (exact) mass is 345 g/mol. The standard InChI is InChI=1S/C18H23N3O2S/c1-3-4-5-10-19-16(22)13-24-18-17(20-11-12-21-18)23-15-8-6-14(2)7-9-15/h6-9,11-12H,3-5,10,13H2,1-2H3,(H,19,22). The van der Waals surface area contributed by atoms with Gasteiger partial charge in [-0.05, 0) is 25.5 Å². The summed E-state index contributed by atoms with van der Waals surface area (Å²) in [6.07, 6.45) is 6.47. The molecule has 0 saturated carbocycles. The number of hydrogen-bond acceptors (Lipinski definition) is 5. The van der Waals surface area contributed by atoms with Crippen molar-refractivity contribution < 1.29 is 9.53 Å². The number of nitrogens with zero attached hydrogens (tertiary/aromatic N) is 2. The number of aryl methyl sites for hydroxylation is 1. The van der Waals surface area contributed by atoms with Crippen LogP contribution in [0.15, 0.2) is 41.7 Å². The van der Waals surface area contributed by atoms with Gasteiger partial charge < -0.3 is 10.1 Å². The molecule has 2 aromatic rings. The van der Waals surface area contributed by atoms with Crippen LogP contribution in [0.5, 0.6) is 11.6 Å². The zero-order valence-electron chi connectivity index (χ0n) is 14.1. The van der Waals surface area contributed by atoms with Gasteiger partial charge in [-0.2, -0.15) is 0 Å². The van der Waals surface area contributed by atoms with E-state index in [4.69, 9.17) is 4.74 Å². The molecule has 2 rings (SSSR count). The van der Waals surface area contributed by atoms with E-state index in [0.717, 1.165) is 31.4 Å². The first-order valence-corrected chi connectivity index (χ1v) is 9.12. The molecule has 6 heteroatoms. The van der Waals surface area contributed by atoms with Gasteiger partial charge in [-0.25, -0.2) is 9.97 Å². The molecule has 0 fully saturated rings. The minimum atomic E-state index is 0.00282. The Morgan fingerprint density at radius 3 is 2.67 bits per heavy atom. The van der Waals surface area contributed by atoms with Crippen molar-refractivity contribution in [2.75, 3.05) is 12.3 Å². The first-order chi connectivity index (χ1) is 11.7. The second-order valence-corrected chi connectivity index (χ2v) is 6.39. The average Bonchev–Trinajstić information content (AvgIpc) is 2.60. The predicted octanol–water partition coefficient (Wildman–Crippen LogP) is 3.98. The van der Waals surface area contributed by atoms with Gasteiger partial charge in [-0.15, -0.1) is 0 Å². The van der Waals surface area contributed by atoms with Gasteiger partial charge in [0, 0.05) is 18.9 Å². The van der Waals surface area contributed by atoms with Gasteiger partial charge in [0.25, 0.3) is 5.88 Å². The third-order valence-electron chi connectivity index (χ3n) is 3.31. The lowest BCUT2D eigenvalue weighted by Gasteiger charge is -2.09. The van der Waals surface area contributed by atoms with Crippen LogP contribution in [0.25, 0.3) is 0 Å². The van der Waals surface area contributed by atoms with Crippen molar-refractivity contribution >= 4 is 17.7 Å². The molecule has 1 aromatic carbocycles. The predicted molar refractivity (Wildman–Crippen MR) is 96.5 cm³/mol. The summed E-state index contributed by atoms with van der Waals surface area (Å²) in [6.45, 7) is 4.88. The normalized spacial score (nSPS) is 10.4. The summed E-state index contributed by atoms with van der Waals surface area (Å²) in [5, 5.41) is 3.53. The van der Waals surface area contributed by atoms with Gasteiger partial charge in [-0.3, -0.25) is 4.79 Å². The number of unbranched alkanes of at least 4 members (excludes halogenated alkanes) is 2. The third-order valence-corrected chi connectivity index (χ3v) is 4.27. The molecule has 1 N–H and O–H groups in total. The van der Waals surface area contributed by atoms with Crippen LogP contribution in [-0.4, -0.2) is 28.2 Å². The first-order valence-electron chi connectivity index (χ1n) is 8.14. The molecule has 5 nitrogen and oxygen atoms in total. The molecule has 0 unspecified atom stereocenters. The van der Waals surface area contributed by atoms with Crippen LogP contribution in [0, 0.1) is 6.92 Å². The Labute approximate surface area is 147 Å². The minimum Gasteiger partial charge on any atom is -0.437 e. The summed E-state index contributed by atoms with van der Waals surface area (Å²) in [7, 11) is 0. The van der Waals surface area contributed by atoms with Crippen molar-refractivity contribution in [2.24, 2.45) is 0 Å². The zero-order valence-corrected chi connectivity index (χ0v) is 14.9. The van der Waals surface area contributed by atoms with Crippen molar-refractivity contribution in [1.82, 2.24) is 15.3 Å². The molecule has 128 valence electrons. The van der Waals surface area contributed by atoms with Crippen LogP contribution < -0.4 is 10.1 Å². The smallest absolute Gasteiger partial charge is 0.252 e. The fourth-order valence-electron chi connectivity index (χ4n) is 1.99. The van der Waals surface area contributed by atoms with Crippen LogP contribution in [0.3, 0.4) is 0 Å². The van der Waals surface area contributed by atoms with Gasteiger partial charge in [0.2, 0.25) is 5.91 Å². The van der Waals surface area contributed by atoms with E-state index >= 15 is 0 Å². The highest BCUT2D eigenvalue weighted by atomic mass is 32.2. The van der Waals surface area contributed by atoms with E-state index in [1.54, 1.807) is 12.4 Å². The maximum atomic E-state index is 11.9. The fraction of sp³-hybridized carbons (Fsp3) is 0.389. The molecule has 0 atom stereocenters. The fourth-order valence-corrected chi connectivity index (χ4v) is 2.71. The highest BCUT2D eigenvalue weighted by molar-refractivity contribution is 8.00. The number of nitrogens with one attached hydrogen (secondary N) is 1. The average molecular weight is 345 g/mol. The number of hydrogen-bond donors (Lipinski definition) is 1. The molecule has 0 aliphatic heterocycles. The van der Waals surface area contributed by atoms with E-state index < -0.39 is 0 Å². The molecule has 1 amide bonds. The molecule has 0 saturated heterocycles. The number of carbonyl (C=O) groups excluding carboxylic acids is 1. The number of thioether (sulfide) groups is 1. The van der Waals surface area contributed by atoms with Crippen molar-refractivity contribution in [3.05, 3.63) is 42.2 Å². The van der Waals surface area contributed by atoms with E-state index in [1.165, 1.54) is 11.8 Å². The van der Waals surface area contributed by atoms with E-state index in [-0.39, 0.29) is 5.91 Å². The SMILES string of the molecule is CCCCCNC(=O)CSc1nccnc1Oc1ccc(C)cc1. The Morgan fingerprint density at radius 1 is 1.17 bits per heavy atom. The topological polar surface area (TPSA) is 64.1 Å². The van der Waals surface area contributed by atoms with E-state index in [2.05, 4.69) is 22.2 Å². The van der Waals surface area contributed by atoms with Crippen molar-refractivity contribution in [3.8, 4) is 11.6 Å². The maximum absolute atomic E-state index is 11.9. The summed E-state index contributed by atoms with van der Waals surface area (Å²) in [5.41, 5.74) is 1.16. The lowest BCUT2D eigenvalue weighted by Crippen LogP contribution is -2.26. The third kappa shape index (κ3) is 6.20. The molecule has 1 aromatic heterocycles. The molecule has 0 aliphatic rings. The summed E-state index contributed by atoms with van der Waals surface area (Å²) in [4.78, 5) is 20.4. The molecular formula is C18H23N3O2S. The molecule has 0 spiro atoms. The number of ether oxygens (including phenoxy) is 1. The van der Waals surface area contributed by atoms with Gasteiger partial charge in [0.05, 0.1) is 5.75 Å². The maximum Gasteiger partial charge on any atom is 0.252 e. The van der Waals surface area contributed by atoms with Gasteiger partial charge in [0.15, 0.2) is 5.03 Å². The molecule has 0 bridgehead atoms. The van der Waals surface area contributed by atoms with E-state index in [9.17, 15) is 4.79 Å². The molecule has 1 heterocycles. The highest BCUT2D eigenvalue weighted by Gasteiger charge is 2.11. The lowest BCUT2D eigenvalue weighted by atomic mass is 10.2. The van der Waals surface area contributed by atoms with Crippen LogP contribution >= 0.6 is 11.8 Å². The largest absolute Gasteiger partial charge is 0.437 e. The minimum absolute atomic E-state index is 0.00282. The Balaban J connectivity index is 1.89. The summed E-state index contributed by atoms with van der Waals surface area (Å²) in [5.74, 6) is 1.43. The highest BCUT2D eigenvalue weighted by Crippen LogP contribution is 2.28. The second kappa shape index (κ2) is 9.93. The Kier molecular flexibility index (Phi) is 7.55. The zero-order chi connectivity index (χ0) is 17.2. The lowest BCUT2D eigenvalue weighted by molar-refractivity contribution is -0.118. The van der Waals surface area contributed by atoms with Crippen LogP contribution in [0.4, 0.5) is 0 Å². The van der Waals surface area contributed by atoms with E-state index in [1.807, 2.05) is 31.2 Å². The number of aromatic nitrogens is 2. The molecule has 24 heavy (non-hydrogen) atoms. The van der Waals surface area contributed by atoms with Crippen molar-refractivity contribution in [1.29, 1.82) is 0 Å². The summed E-state index contributed by atoms with van der Waals surface area (Å²) in [6, 6.07) is 7.72. The van der Waals surface area contributed by atoms with Crippen LogP contribution in [0.1, 0.15) is 31.7 Å². The first kappa shape index (κ1) is 18.3. The summed E-state index contributed by atoms with van der Waals surface area (Å²) >= 11 is 1.33. The summed E-state index contributed by atoms with van der Waals surface area (Å²) < 4.78 is 5.78. The Morgan fingerprint density at radius 2 is 1.92 bits per heavy atom. The van der Waals surface area contributed by atoms with Gasteiger partial charge in [-0.1, -0.05) is 49.2 Å². The van der Waals surface area contributed by atoms with Gasteiger partial charge in [0.1, 0.15) is 5.75 Å². The van der Waals surface area contributed by atoms with E-state index in [0.29, 0.717) is 22.4 Å². The second-order valence-electron chi connectivity index (χ2n) is 5.43. The number of rotatable bonds is 9. The van der Waals surface area contributed by atoms with Crippen molar-refractivity contribution in [2.45, 2.75) is 38.1 Å². The molecular weight excluding hydrogens is 322 g/mol. The van der Waals surface area contributed by atoms with Crippen LogP contribution in [0.2, 0.25) is 0 Å². The van der Waals surface area contributed by atoms with Crippen molar-refractivity contribution in [3.63, 3.8) is 0 Å². The quantitative estimate of drug-likeness (QED) is 0.550. The number of carbonyl (C=O) groups is 1. The number of benzene rings is 1. The molecule has 0 aliphatic carbocycles. The Bertz CT molecular complexity index is 647. The Hall–Kier alpha value is -2.08. The molecule has 0 radical (unpaired) electrons.